The molecular formula is C23H25N3O2S. The summed E-state index contributed by atoms with van der Waals surface area (Å²) in [6.45, 7) is 5.14. The number of fused-ring (bicyclic) bond motifs is 1. The highest BCUT2D eigenvalue weighted by atomic mass is 32.1. The number of rotatable bonds is 6. The van der Waals surface area contributed by atoms with Crippen LogP contribution in [0, 0.1) is 5.92 Å². The number of nitrogens with zero attached hydrogens (tertiary/aromatic N) is 2. The highest BCUT2D eigenvalue weighted by Crippen LogP contribution is 2.33. The number of anilines is 1. The number of carbonyl (C=O) groups is 2. The van der Waals surface area contributed by atoms with Gasteiger partial charge in [-0.05, 0) is 36.1 Å². The SMILES string of the molecule is CCC(C)c1ccccc1N1CC(C(=O)NCc2nc3ccccc3s2)CC1=O. The van der Waals surface area contributed by atoms with E-state index in [1.165, 1.54) is 5.56 Å². The molecule has 1 aromatic heterocycles. The lowest BCUT2D eigenvalue weighted by Crippen LogP contribution is -2.32. The van der Waals surface area contributed by atoms with Gasteiger partial charge in [0, 0.05) is 18.7 Å². The summed E-state index contributed by atoms with van der Waals surface area (Å²) in [4.78, 5) is 31.7. The Kier molecular flexibility index (Phi) is 5.62. The predicted octanol–water partition coefficient (Wildman–Crippen LogP) is 4.48. The minimum Gasteiger partial charge on any atom is -0.349 e. The number of hydrogen-bond donors (Lipinski definition) is 1. The van der Waals surface area contributed by atoms with Crippen molar-refractivity contribution < 1.29 is 9.59 Å². The van der Waals surface area contributed by atoms with Crippen LogP contribution in [0.15, 0.2) is 48.5 Å². The van der Waals surface area contributed by atoms with Crippen LogP contribution < -0.4 is 10.2 Å². The van der Waals surface area contributed by atoms with Crippen molar-refractivity contribution in [2.24, 2.45) is 5.92 Å². The zero-order valence-corrected chi connectivity index (χ0v) is 17.5. The van der Waals surface area contributed by atoms with Crippen molar-refractivity contribution in [3.63, 3.8) is 0 Å². The van der Waals surface area contributed by atoms with E-state index in [0.29, 0.717) is 19.0 Å². The number of nitrogens with one attached hydrogen (secondary N) is 1. The summed E-state index contributed by atoms with van der Waals surface area (Å²) < 4.78 is 1.11. The van der Waals surface area contributed by atoms with E-state index < -0.39 is 0 Å². The molecule has 5 nitrogen and oxygen atoms in total. The monoisotopic (exact) mass is 407 g/mol. The molecule has 3 aromatic rings. The third kappa shape index (κ3) is 4.03. The van der Waals surface area contributed by atoms with E-state index in [0.717, 1.165) is 27.3 Å². The third-order valence-electron chi connectivity index (χ3n) is 5.62. The summed E-state index contributed by atoms with van der Waals surface area (Å²) >= 11 is 1.58. The first-order valence-electron chi connectivity index (χ1n) is 10.1. The molecule has 1 aliphatic heterocycles. The molecule has 0 spiro atoms. The third-order valence-corrected chi connectivity index (χ3v) is 6.66. The van der Waals surface area contributed by atoms with Gasteiger partial charge < -0.3 is 10.2 Å². The Labute approximate surface area is 174 Å². The second kappa shape index (κ2) is 8.33. The minimum absolute atomic E-state index is 0.0147. The zero-order valence-electron chi connectivity index (χ0n) is 16.7. The molecule has 2 atom stereocenters. The number of thiazole rings is 1. The lowest BCUT2D eigenvalue weighted by Gasteiger charge is -2.23. The molecule has 2 heterocycles. The van der Waals surface area contributed by atoms with E-state index >= 15 is 0 Å². The maximum atomic E-state index is 12.7. The van der Waals surface area contributed by atoms with Crippen molar-refractivity contribution in [1.82, 2.24) is 10.3 Å². The van der Waals surface area contributed by atoms with Crippen LogP contribution in [0.3, 0.4) is 0 Å². The van der Waals surface area contributed by atoms with E-state index in [-0.39, 0.29) is 24.2 Å². The van der Waals surface area contributed by atoms with Gasteiger partial charge in [0.1, 0.15) is 5.01 Å². The van der Waals surface area contributed by atoms with E-state index in [4.69, 9.17) is 0 Å². The fraction of sp³-hybridized carbons (Fsp3) is 0.348. The van der Waals surface area contributed by atoms with Gasteiger partial charge in [0.05, 0.1) is 22.7 Å². The molecular weight excluding hydrogens is 382 g/mol. The van der Waals surface area contributed by atoms with E-state index in [1.54, 1.807) is 16.2 Å². The average Bonchev–Trinajstić information content (AvgIpc) is 3.34. The molecule has 0 bridgehead atoms. The van der Waals surface area contributed by atoms with Crippen LogP contribution in [0.1, 0.15) is 43.2 Å². The zero-order chi connectivity index (χ0) is 20.4. The van der Waals surface area contributed by atoms with Crippen molar-refractivity contribution in [3.8, 4) is 0 Å². The van der Waals surface area contributed by atoms with Gasteiger partial charge in [-0.3, -0.25) is 9.59 Å². The molecule has 1 saturated heterocycles. The molecule has 1 N–H and O–H groups in total. The van der Waals surface area contributed by atoms with Crippen molar-refractivity contribution in [3.05, 3.63) is 59.1 Å². The first-order chi connectivity index (χ1) is 14.1. The number of aromatic nitrogens is 1. The van der Waals surface area contributed by atoms with Crippen LogP contribution in [-0.4, -0.2) is 23.3 Å². The minimum atomic E-state index is -0.332. The van der Waals surface area contributed by atoms with Crippen molar-refractivity contribution in [2.75, 3.05) is 11.4 Å². The highest BCUT2D eigenvalue weighted by Gasteiger charge is 2.36. The number of hydrogen-bond acceptors (Lipinski definition) is 4. The van der Waals surface area contributed by atoms with Gasteiger partial charge in [0.2, 0.25) is 11.8 Å². The average molecular weight is 408 g/mol. The highest BCUT2D eigenvalue weighted by molar-refractivity contribution is 7.18. The summed E-state index contributed by atoms with van der Waals surface area (Å²) in [7, 11) is 0. The maximum Gasteiger partial charge on any atom is 0.227 e. The van der Waals surface area contributed by atoms with Crippen molar-refractivity contribution in [2.45, 2.75) is 39.2 Å². The van der Waals surface area contributed by atoms with Crippen LogP contribution >= 0.6 is 11.3 Å². The first-order valence-corrected chi connectivity index (χ1v) is 10.9. The Morgan fingerprint density at radius 3 is 2.79 bits per heavy atom. The molecule has 0 radical (unpaired) electrons. The Bertz CT molecular complexity index is 1010. The van der Waals surface area contributed by atoms with Gasteiger partial charge in [-0.15, -0.1) is 11.3 Å². The molecule has 0 saturated carbocycles. The number of para-hydroxylation sites is 2. The predicted molar refractivity (Wildman–Crippen MR) is 117 cm³/mol. The number of carbonyl (C=O) groups excluding carboxylic acids is 2. The summed E-state index contributed by atoms with van der Waals surface area (Å²) in [5, 5.41) is 3.85. The van der Waals surface area contributed by atoms with Crippen molar-refractivity contribution in [1.29, 1.82) is 0 Å². The molecule has 150 valence electrons. The largest absolute Gasteiger partial charge is 0.349 e. The van der Waals surface area contributed by atoms with Gasteiger partial charge in [-0.25, -0.2) is 4.98 Å². The van der Waals surface area contributed by atoms with E-state index in [2.05, 4.69) is 30.2 Å². The fourth-order valence-corrected chi connectivity index (χ4v) is 4.70. The Balaban J connectivity index is 1.43. The Morgan fingerprint density at radius 1 is 1.24 bits per heavy atom. The van der Waals surface area contributed by atoms with Crippen LogP contribution in [-0.2, 0) is 16.1 Å². The Morgan fingerprint density at radius 2 is 2.00 bits per heavy atom. The molecule has 6 heteroatoms. The maximum absolute atomic E-state index is 12.7. The number of amides is 2. The Hall–Kier alpha value is -2.73. The molecule has 2 unspecified atom stereocenters. The summed E-state index contributed by atoms with van der Waals surface area (Å²) in [6, 6.07) is 16.0. The second-order valence-electron chi connectivity index (χ2n) is 7.57. The van der Waals surface area contributed by atoms with Crippen LogP contribution in [0.5, 0.6) is 0 Å². The quantitative estimate of drug-likeness (QED) is 0.655. The molecule has 29 heavy (non-hydrogen) atoms. The molecule has 1 aliphatic rings. The molecule has 2 amide bonds. The molecule has 1 fully saturated rings. The lowest BCUT2D eigenvalue weighted by atomic mass is 9.96. The normalized spacial score (nSPS) is 17.7. The first kappa shape index (κ1) is 19.6. The number of benzene rings is 2. The van der Waals surface area contributed by atoms with Gasteiger partial charge >= 0.3 is 0 Å². The summed E-state index contributed by atoms with van der Waals surface area (Å²) in [5.41, 5.74) is 3.05. The lowest BCUT2D eigenvalue weighted by molar-refractivity contribution is -0.126. The van der Waals surface area contributed by atoms with Gasteiger partial charge in [-0.1, -0.05) is 44.2 Å². The molecule has 0 aliphatic carbocycles. The summed E-state index contributed by atoms with van der Waals surface area (Å²) in [5.74, 6) is -0.0326. The van der Waals surface area contributed by atoms with Crippen molar-refractivity contribution >= 4 is 39.1 Å². The van der Waals surface area contributed by atoms with E-state index in [1.807, 2.05) is 42.5 Å². The molecule has 2 aromatic carbocycles. The van der Waals surface area contributed by atoms with Crippen LogP contribution in [0.4, 0.5) is 5.69 Å². The fourth-order valence-electron chi connectivity index (χ4n) is 3.79. The van der Waals surface area contributed by atoms with Crippen LogP contribution in [0.25, 0.3) is 10.2 Å². The standard InChI is InChI=1S/C23H25N3O2S/c1-3-15(2)17-8-4-6-10-19(17)26-14-16(12-22(26)27)23(28)24-13-21-25-18-9-5-7-11-20(18)29-21/h4-11,15-16H,3,12-14H2,1-2H3,(H,24,28). The topological polar surface area (TPSA) is 62.3 Å². The van der Waals surface area contributed by atoms with Crippen LogP contribution in [0.2, 0.25) is 0 Å². The van der Waals surface area contributed by atoms with Gasteiger partial charge in [0.15, 0.2) is 0 Å². The van der Waals surface area contributed by atoms with Gasteiger partial charge in [-0.2, -0.15) is 0 Å². The van der Waals surface area contributed by atoms with Gasteiger partial charge in [0.25, 0.3) is 0 Å². The van der Waals surface area contributed by atoms with E-state index in [9.17, 15) is 9.59 Å². The smallest absolute Gasteiger partial charge is 0.227 e. The second-order valence-corrected chi connectivity index (χ2v) is 8.68. The molecule has 4 rings (SSSR count). The summed E-state index contributed by atoms with van der Waals surface area (Å²) in [6.07, 6.45) is 1.26.